The average molecular weight is 626 g/mol. The number of fused-ring (bicyclic) bond motifs is 6. The van der Waals surface area contributed by atoms with Crippen molar-refractivity contribution in [2.45, 2.75) is 0 Å². The Morgan fingerprint density at radius 1 is 0.306 bits per heavy atom. The first-order valence-corrected chi connectivity index (χ1v) is 16.4. The summed E-state index contributed by atoms with van der Waals surface area (Å²) in [6.07, 6.45) is 0. The van der Waals surface area contributed by atoms with E-state index in [9.17, 15) is 0 Å². The van der Waals surface area contributed by atoms with E-state index in [2.05, 4.69) is 152 Å². The first-order chi connectivity index (χ1) is 24.2. The SMILES string of the molecule is c1ccc2cc(-c3nc(-c4ccc5ccccc5c4)nc(-c4cc(-c5ccc6oc7ccccc7c6c5)c5ccccc5c4)n3)ccc2c1. The Morgan fingerprint density at radius 2 is 0.796 bits per heavy atom. The molecule has 228 valence electrons. The molecule has 0 saturated carbocycles. The monoisotopic (exact) mass is 625 g/mol. The Bertz CT molecular complexity index is 2810. The quantitative estimate of drug-likeness (QED) is 0.195. The molecule has 0 N–H and O–H groups in total. The van der Waals surface area contributed by atoms with Crippen LogP contribution in [0.4, 0.5) is 0 Å². The Morgan fingerprint density at radius 3 is 1.47 bits per heavy atom. The lowest BCUT2D eigenvalue weighted by Gasteiger charge is -2.13. The highest BCUT2D eigenvalue weighted by atomic mass is 16.3. The smallest absolute Gasteiger partial charge is 0.164 e. The van der Waals surface area contributed by atoms with E-state index in [0.717, 1.165) is 71.3 Å². The molecule has 49 heavy (non-hydrogen) atoms. The first-order valence-electron chi connectivity index (χ1n) is 16.4. The molecule has 0 amide bonds. The summed E-state index contributed by atoms with van der Waals surface area (Å²) in [5, 5.41) is 9.13. The molecule has 2 aromatic heterocycles. The molecule has 0 aliphatic carbocycles. The maximum atomic E-state index is 6.16. The Labute approximate surface area is 282 Å². The summed E-state index contributed by atoms with van der Waals surface area (Å²) in [5.74, 6) is 1.91. The number of rotatable bonds is 4. The summed E-state index contributed by atoms with van der Waals surface area (Å²) in [6.45, 7) is 0. The van der Waals surface area contributed by atoms with Gasteiger partial charge in [-0.15, -0.1) is 0 Å². The van der Waals surface area contributed by atoms with Crippen molar-refractivity contribution in [1.82, 2.24) is 15.0 Å². The third-order valence-electron chi connectivity index (χ3n) is 9.46. The molecule has 0 atom stereocenters. The summed E-state index contributed by atoms with van der Waals surface area (Å²) in [7, 11) is 0. The standard InChI is InChI=1S/C45H27N3O/c1-3-11-30-23-34(19-17-28(30)9-1)43-46-44(35-20-18-29-10-2-4-12-31(29)24-35)48-45(47-43)36-25-32-13-5-6-14-37(32)39(27-36)33-21-22-42-40(26-33)38-15-7-8-16-41(38)49-42/h1-27H. The highest BCUT2D eigenvalue weighted by molar-refractivity contribution is 6.08. The van der Waals surface area contributed by atoms with Gasteiger partial charge in [0.15, 0.2) is 17.5 Å². The lowest BCUT2D eigenvalue weighted by Crippen LogP contribution is -2.00. The topological polar surface area (TPSA) is 51.8 Å². The summed E-state index contributed by atoms with van der Waals surface area (Å²) < 4.78 is 6.16. The van der Waals surface area contributed by atoms with Gasteiger partial charge in [-0.05, 0) is 85.9 Å². The molecular weight excluding hydrogens is 599 g/mol. The normalized spacial score (nSPS) is 11.7. The van der Waals surface area contributed by atoms with Crippen LogP contribution in [-0.4, -0.2) is 15.0 Å². The van der Waals surface area contributed by atoms with Crippen molar-refractivity contribution in [2.75, 3.05) is 0 Å². The predicted molar refractivity (Wildman–Crippen MR) is 201 cm³/mol. The van der Waals surface area contributed by atoms with Crippen LogP contribution >= 0.6 is 0 Å². The second-order valence-electron chi connectivity index (χ2n) is 12.5. The van der Waals surface area contributed by atoms with Gasteiger partial charge >= 0.3 is 0 Å². The zero-order chi connectivity index (χ0) is 32.3. The van der Waals surface area contributed by atoms with Crippen LogP contribution in [-0.2, 0) is 0 Å². The summed E-state index contributed by atoms with van der Waals surface area (Å²) >= 11 is 0. The number of benzene rings is 8. The second-order valence-corrected chi connectivity index (χ2v) is 12.5. The second kappa shape index (κ2) is 11.0. The fourth-order valence-corrected chi connectivity index (χ4v) is 6.99. The van der Waals surface area contributed by atoms with E-state index in [-0.39, 0.29) is 0 Å². The first kappa shape index (κ1) is 27.5. The molecule has 0 spiro atoms. The molecular formula is C45H27N3O. The van der Waals surface area contributed by atoms with Crippen molar-refractivity contribution in [2.24, 2.45) is 0 Å². The largest absolute Gasteiger partial charge is 0.456 e. The minimum Gasteiger partial charge on any atom is -0.456 e. The third-order valence-corrected chi connectivity index (χ3v) is 9.46. The van der Waals surface area contributed by atoms with Crippen LogP contribution in [0, 0.1) is 0 Å². The van der Waals surface area contributed by atoms with Crippen LogP contribution in [0.15, 0.2) is 168 Å². The number of aromatic nitrogens is 3. The van der Waals surface area contributed by atoms with Crippen LogP contribution in [0.25, 0.3) is 99.5 Å². The van der Waals surface area contributed by atoms with E-state index >= 15 is 0 Å². The minimum absolute atomic E-state index is 0.628. The zero-order valence-electron chi connectivity index (χ0n) is 26.3. The average Bonchev–Trinajstić information content (AvgIpc) is 3.55. The van der Waals surface area contributed by atoms with Gasteiger partial charge < -0.3 is 4.42 Å². The number of hydrogen-bond acceptors (Lipinski definition) is 4. The number of nitrogens with zero attached hydrogens (tertiary/aromatic N) is 3. The van der Waals surface area contributed by atoms with Crippen molar-refractivity contribution >= 4 is 54.3 Å². The Kier molecular flexibility index (Phi) is 6.15. The molecule has 0 radical (unpaired) electrons. The molecule has 10 aromatic rings. The third kappa shape index (κ3) is 4.73. The molecule has 8 aromatic carbocycles. The minimum atomic E-state index is 0.628. The summed E-state index contributed by atoms with van der Waals surface area (Å²) in [6, 6.07) is 57.1. The lowest BCUT2D eigenvalue weighted by molar-refractivity contribution is 0.669. The van der Waals surface area contributed by atoms with E-state index < -0.39 is 0 Å². The maximum absolute atomic E-state index is 6.16. The van der Waals surface area contributed by atoms with Gasteiger partial charge in [-0.2, -0.15) is 0 Å². The van der Waals surface area contributed by atoms with Gasteiger partial charge in [0.1, 0.15) is 11.2 Å². The van der Waals surface area contributed by atoms with Crippen LogP contribution in [0.1, 0.15) is 0 Å². The molecule has 0 aliphatic heterocycles. The van der Waals surface area contributed by atoms with E-state index in [1.54, 1.807) is 0 Å². The van der Waals surface area contributed by atoms with Gasteiger partial charge in [0.25, 0.3) is 0 Å². The molecule has 2 heterocycles. The van der Waals surface area contributed by atoms with Crippen molar-refractivity contribution in [1.29, 1.82) is 0 Å². The van der Waals surface area contributed by atoms with E-state index in [0.29, 0.717) is 17.5 Å². The summed E-state index contributed by atoms with van der Waals surface area (Å²) in [5.41, 5.74) is 6.81. The van der Waals surface area contributed by atoms with Gasteiger partial charge in [-0.25, -0.2) is 15.0 Å². The van der Waals surface area contributed by atoms with Crippen molar-refractivity contribution < 1.29 is 4.42 Å². The molecule has 4 heteroatoms. The molecule has 10 rings (SSSR count). The fourth-order valence-electron chi connectivity index (χ4n) is 6.99. The van der Waals surface area contributed by atoms with Crippen molar-refractivity contribution in [3.05, 3.63) is 164 Å². The molecule has 0 saturated heterocycles. The van der Waals surface area contributed by atoms with Gasteiger partial charge in [-0.1, -0.05) is 121 Å². The van der Waals surface area contributed by atoms with E-state index in [1.165, 1.54) is 10.8 Å². The lowest BCUT2D eigenvalue weighted by atomic mass is 9.94. The molecule has 0 aliphatic rings. The highest BCUT2D eigenvalue weighted by Crippen LogP contribution is 2.38. The summed E-state index contributed by atoms with van der Waals surface area (Å²) in [4.78, 5) is 15.4. The molecule has 0 bridgehead atoms. The molecule has 4 nitrogen and oxygen atoms in total. The van der Waals surface area contributed by atoms with Crippen molar-refractivity contribution in [3.8, 4) is 45.3 Å². The number of hydrogen-bond donors (Lipinski definition) is 0. The number of para-hydroxylation sites is 1. The van der Waals surface area contributed by atoms with E-state index in [1.807, 2.05) is 12.1 Å². The maximum Gasteiger partial charge on any atom is 0.164 e. The Balaban J connectivity index is 1.20. The van der Waals surface area contributed by atoms with Crippen LogP contribution in [0.5, 0.6) is 0 Å². The zero-order valence-corrected chi connectivity index (χ0v) is 26.3. The highest BCUT2D eigenvalue weighted by Gasteiger charge is 2.17. The molecule has 0 fully saturated rings. The van der Waals surface area contributed by atoms with Gasteiger partial charge in [-0.3, -0.25) is 0 Å². The van der Waals surface area contributed by atoms with Crippen molar-refractivity contribution in [3.63, 3.8) is 0 Å². The van der Waals surface area contributed by atoms with Gasteiger partial charge in [0, 0.05) is 27.5 Å². The number of furan rings is 1. The Hall–Kier alpha value is -6.65. The van der Waals surface area contributed by atoms with Crippen LogP contribution in [0.3, 0.4) is 0 Å². The van der Waals surface area contributed by atoms with E-state index in [4.69, 9.17) is 19.4 Å². The van der Waals surface area contributed by atoms with Gasteiger partial charge in [0.2, 0.25) is 0 Å². The van der Waals surface area contributed by atoms with Crippen LogP contribution in [0.2, 0.25) is 0 Å². The fraction of sp³-hybridized carbons (Fsp3) is 0. The predicted octanol–water partition coefficient (Wildman–Crippen LogP) is 11.9. The van der Waals surface area contributed by atoms with Crippen LogP contribution < -0.4 is 0 Å². The van der Waals surface area contributed by atoms with Gasteiger partial charge in [0.05, 0.1) is 0 Å². The molecule has 0 unspecified atom stereocenters.